The number of halogens is 1. The van der Waals surface area contributed by atoms with E-state index in [1.165, 1.54) is 12.8 Å². The van der Waals surface area contributed by atoms with Crippen LogP contribution in [0.1, 0.15) is 18.6 Å². The molecule has 0 amide bonds. The molecule has 3 rings (SSSR count). The molecule has 0 unspecified atom stereocenters. The van der Waals surface area contributed by atoms with Gasteiger partial charge in [-0.15, -0.1) is 0 Å². The van der Waals surface area contributed by atoms with Gasteiger partial charge in [0.05, 0.1) is 16.9 Å². The molecular formula is C15H15ClN2O. The molecule has 1 aromatic heterocycles. The summed E-state index contributed by atoms with van der Waals surface area (Å²) in [6.07, 6.45) is 4.19. The molecule has 19 heavy (non-hydrogen) atoms. The van der Waals surface area contributed by atoms with Crippen LogP contribution >= 0.6 is 11.6 Å². The van der Waals surface area contributed by atoms with Crippen LogP contribution in [0.5, 0.6) is 0 Å². The monoisotopic (exact) mass is 274 g/mol. The van der Waals surface area contributed by atoms with Gasteiger partial charge < -0.3 is 9.32 Å². The van der Waals surface area contributed by atoms with Crippen molar-refractivity contribution in [3.8, 4) is 0 Å². The van der Waals surface area contributed by atoms with Gasteiger partial charge in [-0.25, -0.2) is 0 Å². The van der Waals surface area contributed by atoms with E-state index < -0.39 is 0 Å². The van der Waals surface area contributed by atoms with Gasteiger partial charge in [0.1, 0.15) is 5.76 Å². The summed E-state index contributed by atoms with van der Waals surface area (Å²) in [5, 5.41) is 0.644. The lowest BCUT2D eigenvalue weighted by molar-refractivity contribution is 0.550. The van der Waals surface area contributed by atoms with Crippen molar-refractivity contribution in [3.63, 3.8) is 0 Å². The zero-order valence-electron chi connectivity index (χ0n) is 10.6. The maximum Gasteiger partial charge on any atom is 0.196 e. The third-order valence-corrected chi connectivity index (χ3v) is 3.53. The number of hydrogen-bond acceptors (Lipinski definition) is 3. The highest BCUT2D eigenvalue weighted by Crippen LogP contribution is 2.25. The first kappa shape index (κ1) is 12.3. The van der Waals surface area contributed by atoms with Crippen molar-refractivity contribution < 1.29 is 4.42 Å². The highest BCUT2D eigenvalue weighted by atomic mass is 35.5. The van der Waals surface area contributed by atoms with E-state index in [0.717, 1.165) is 30.4 Å². The van der Waals surface area contributed by atoms with E-state index in [1.807, 2.05) is 36.4 Å². The summed E-state index contributed by atoms with van der Waals surface area (Å²) >= 11 is 6.05. The van der Waals surface area contributed by atoms with E-state index in [9.17, 15) is 0 Å². The molecule has 3 nitrogen and oxygen atoms in total. The Labute approximate surface area is 117 Å². The maximum atomic E-state index is 6.05. The van der Waals surface area contributed by atoms with E-state index in [0.29, 0.717) is 5.02 Å². The Morgan fingerprint density at radius 3 is 2.68 bits per heavy atom. The lowest BCUT2D eigenvalue weighted by atomic mass is 10.3. The van der Waals surface area contributed by atoms with Gasteiger partial charge >= 0.3 is 0 Å². The zero-order valence-corrected chi connectivity index (χ0v) is 11.3. The van der Waals surface area contributed by atoms with Crippen molar-refractivity contribution >= 4 is 29.4 Å². The van der Waals surface area contributed by atoms with Crippen LogP contribution in [0.15, 0.2) is 45.8 Å². The van der Waals surface area contributed by atoms with Crippen LogP contribution < -0.4 is 4.90 Å². The summed E-state index contributed by atoms with van der Waals surface area (Å²) < 4.78 is 5.76. The van der Waals surface area contributed by atoms with Crippen molar-refractivity contribution in [2.24, 2.45) is 4.99 Å². The summed E-state index contributed by atoms with van der Waals surface area (Å²) in [4.78, 5) is 6.60. The summed E-state index contributed by atoms with van der Waals surface area (Å²) in [7, 11) is 0. The molecule has 98 valence electrons. The van der Waals surface area contributed by atoms with Gasteiger partial charge in [0.2, 0.25) is 0 Å². The molecular weight excluding hydrogens is 260 g/mol. The molecule has 1 aliphatic heterocycles. The predicted molar refractivity (Wildman–Crippen MR) is 78.9 cm³/mol. The van der Waals surface area contributed by atoms with Crippen LogP contribution in [0.4, 0.5) is 11.6 Å². The smallest absolute Gasteiger partial charge is 0.196 e. The number of hydrogen-bond donors (Lipinski definition) is 0. The van der Waals surface area contributed by atoms with E-state index in [2.05, 4.69) is 9.89 Å². The molecule has 4 heteroatoms. The molecule has 0 bridgehead atoms. The number of furan rings is 1. The number of rotatable bonds is 3. The summed E-state index contributed by atoms with van der Waals surface area (Å²) in [5.41, 5.74) is 0.753. The summed E-state index contributed by atoms with van der Waals surface area (Å²) in [5.74, 6) is 1.68. The Hall–Kier alpha value is -1.74. The fraction of sp³-hybridized carbons (Fsp3) is 0.267. The fourth-order valence-corrected chi connectivity index (χ4v) is 2.39. The third kappa shape index (κ3) is 2.82. The molecule has 2 aromatic rings. The Balaban J connectivity index is 1.75. The van der Waals surface area contributed by atoms with Crippen LogP contribution in [0.2, 0.25) is 5.02 Å². The minimum atomic E-state index is 0.644. The van der Waals surface area contributed by atoms with Crippen LogP contribution in [-0.2, 0) is 0 Å². The second-order valence-corrected chi connectivity index (χ2v) is 4.99. The summed E-state index contributed by atoms with van der Waals surface area (Å²) in [6, 6.07) is 11.4. The molecule has 0 spiro atoms. The molecule has 0 aliphatic carbocycles. The number of anilines is 1. The van der Waals surface area contributed by atoms with Gasteiger partial charge in [-0.1, -0.05) is 23.7 Å². The highest BCUT2D eigenvalue weighted by molar-refractivity contribution is 6.33. The van der Waals surface area contributed by atoms with Crippen molar-refractivity contribution in [1.82, 2.24) is 0 Å². The number of benzene rings is 1. The van der Waals surface area contributed by atoms with Gasteiger partial charge in [-0.3, -0.25) is 4.99 Å². The lowest BCUT2D eigenvalue weighted by Gasteiger charge is -2.12. The second kappa shape index (κ2) is 5.49. The molecule has 2 heterocycles. The molecule has 1 saturated heterocycles. The average Bonchev–Trinajstić information content (AvgIpc) is 3.09. The molecule has 1 aromatic carbocycles. The normalized spacial score (nSPS) is 15.5. The van der Waals surface area contributed by atoms with Crippen molar-refractivity contribution in [1.29, 1.82) is 0 Å². The molecule has 0 N–H and O–H groups in total. The summed E-state index contributed by atoms with van der Waals surface area (Å²) in [6.45, 7) is 2.16. The van der Waals surface area contributed by atoms with Gasteiger partial charge in [-0.05, 0) is 31.0 Å². The standard InChI is InChI=1S/C15H15ClN2O/c16-13-5-1-2-6-14(13)17-11-12-7-8-15(19-12)18-9-3-4-10-18/h1-2,5-8,11H,3-4,9-10H2. The number of para-hydroxylation sites is 1. The Kier molecular flexibility index (Phi) is 3.56. The Morgan fingerprint density at radius 2 is 1.89 bits per heavy atom. The average molecular weight is 275 g/mol. The number of nitrogens with zero attached hydrogens (tertiary/aromatic N) is 2. The van der Waals surface area contributed by atoms with E-state index in [4.69, 9.17) is 16.0 Å². The first-order chi connectivity index (χ1) is 9.33. The quantitative estimate of drug-likeness (QED) is 0.782. The minimum Gasteiger partial charge on any atom is -0.440 e. The molecule has 1 fully saturated rings. The second-order valence-electron chi connectivity index (χ2n) is 4.58. The molecule has 0 saturated carbocycles. The topological polar surface area (TPSA) is 28.7 Å². The van der Waals surface area contributed by atoms with Gasteiger partial charge in [0.15, 0.2) is 5.88 Å². The van der Waals surface area contributed by atoms with Crippen LogP contribution in [0.3, 0.4) is 0 Å². The first-order valence-electron chi connectivity index (χ1n) is 6.46. The van der Waals surface area contributed by atoms with E-state index in [1.54, 1.807) is 6.21 Å². The van der Waals surface area contributed by atoms with Crippen LogP contribution in [0, 0.1) is 0 Å². The third-order valence-electron chi connectivity index (χ3n) is 3.21. The number of aliphatic imine (C=N–C) groups is 1. The van der Waals surface area contributed by atoms with Crippen molar-refractivity contribution in [2.75, 3.05) is 18.0 Å². The van der Waals surface area contributed by atoms with Crippen LogP contribution in [-0.4, -0.2) is 19.3 Å². The highest BCUT2D eigenvalue weighted by Gasteiger charge is 2.15. The molecule has 0 atom stereocenters. The SMILES string of the molecule is Clc1ccccc1N=Cc1ccc(N2CCCC2)o1. The fourth-order valence-electron chi connectivity index (χ4n) is 2.21. The lowest BCUT2D eigenvalue weighted by Crippen LogP contribution is -2.16. The zero-order chi connectivity index (χ0) is 13.1. The minimum absolute atomic E-state index is 0.644. The molecule has 1 aliphatic rings. The molecule has 0 radical (unpaired) electrons. The Morgan fingerprint density at radius 1 is 1.11 bits per heavy atom. The van der Waals surface area contributed by atoms with E-state index in [-0.39, 0.29) is 0 Å². The predicted octanol–water partition coefficient (Wildman–Crippen LogP) is 4.28. The van der Waals surface area contributed by atoms with Gasteiger partial charge in [-0.2, -0.15) is 0 Å². The van der Waals surface area contributed by atoms with E-state index >= 15 is 0 Å². The van der Waals surface area contributed by atoms with Gasteiger partial charge in [0, 0.05) is 19.2 Å². The van der Waals surface area contributed by atoms with Crippen LogP contribution in [0.25, 0.3) is 0 Å². The first-order valence-corrected chi connectivity index (χ1v) is 6.84. The van der Waals surface area contributed by atoms with Gasteiger partial charge in [0.25, 0.3) is 0 Å². The van der Waals surface area contributed by atoms with Crippen molar-refractivity contribution in [2.45, 2.75) is 12.8 Å². The maximum absolute atomic E-state index is 6.05. The Bertz CT molecular complexity index is 585. The largest absolute Gasteiger partial charge is 0.440 e. The van der Waals surface area contributed by atoms with Crippen molar-refractivity contribution in [3.05, 3.63) is 47.2 Å².